The van der Waals surface area contributed by atoms with E-state index in [-0.39, 0.29) is 11.4 Å². The molecule has 0 aliphatic rings. The minimum absolute atomic E-state index is 0.209. The Morgan fingerprint density at radius 1 is 1.12 bits per heavy atom. The fourth-order valence-electron chi connectivity index (χ4n) is 1.78. The first-order valence-corrected chi connectivity index (χ1v) is 5.32. The molecule has 3 nitrogen and oxygen atoms in total. The summed E-state index contributed by atoms with van der Waals surface area (Å²) in [7, 11) is 0. The summed E-state index contributed by atoms with van der Waals surface area (Å²) in [5.74, 6) is -0.301. The van der Waals surface area contributed by atoms with Crippen molar-refractivity contribution < 1.29 is 4.39 Å². The predicted octanol–water partition coefficient (Wildman–Crippen LogP) is 2.50. The second-order valence-electron chi connectivity index (χ2n) is 4.17. The molecule has 2 aromatic rings. The van der Waals surface area contributed by atoms with Crippen molar-refractivity contribution in [1.82, 2.24) is 10.2 Å². The van der Waals surface area contributed by atoms with Gasteiger partial charge in [-0.15, -0.1) is 0 Å². The molecular weight excluding hydrogens is 219 g/mol. The van der Waals surface area contributed by atoms with Crippen LogP contribution in [0.5, 0.6) is 0 Å². The lowest BCUT2D eigenvalue weighted by atomic mass is 10.0. The molecule has 0 bridgehead atoms. The van der Waals surface area contributed by atoms with Crippen LogP contribution in [0.3, 0.4) is 0 Å². The number of nitrogens with one attached hydrogen (secondary N) is 1. The number of aryl methyl sites for hydroxylation is 1. The number of halogens is 1. The van der Waals surface area contributed by atoms with E-state index in [0.717, 1.165) is 11.1 Å². The molecule has 2 rings (SSSR count). The van der Waals surface area contributed by atoms with Gasteiger partial charge in [-0.1, -0.05) is 0 Å². The molecule has 1 heterocycles. The molecule has 0 spiro atoms. The summed E-state index contributed by atoms with van der Waals surface area (Å²) in [4.78, 5) is 11.4. The quantitative estimate of drug-likeness (QED) is 0.821. The normalized spacial score (nSPS) is 10.6. The first-order chi connectivity index (χ1) is 7.99. The SMILES string of the molecule is Cc1cc(F)cc(-c2n[nH]c(=O)c(C)c2C)c1. The molecule has 1 N–H and O–H groups in total. The van der Waals surface area contributed by atoms with Gasteiger partial charge in [0, 0.05) is 11.1 Å². The highest BCUT2D eigenvalue weighted by molar-refractivity contribution is 5.64. The van der Waals surface area contributed by atoms with E-state index < -0.39 is 0 Å². The van der Waals surface area contributed by atoms with Gasteiger partial charge in [0.05, 0.1) is 5.69 Å². The fraction of sp³-hybridized carbons (Fsp3) is 0.231. The second kappa shape index (κ2) is 4.13. The lowest BCUT2D eigenvalue weighted by molar-refractivity contribution is 0.627. The molecule has 0 fully saturated rings. The van der Waals surface area contributed by atoms with Crippen LogP contribution in [0.15, 0.2) is 23.0 Å². The minimum Gasteiger partial charge on any atom is -0.268 e. The summed E-state index contributed by atoms with van der Waals surface area (Å²) in [6.07, 6.45) is 0. The predicted molar refractivity (Wildman–Crippen MR) is 64.5 cm³/mol. The Morgan fingerprint density at radius 3 is 2.47 bits per heavy atom. The Labute approximate surface area is 98.3 Å². The van der Waals surface area contributed by atoms with Crippen LogP contribution in [-0.2, 0) is 0 Å². The number of rotatable bonds is 1. The zero-order valence-corrected chi connectivity index (χ0v) is 9.97. The number of aromatic amines is 1. The van der Waals surface area contributed by atoms with E-state index in [1.807, 2.05) is 19.9 Å². The van der Waals surface area contributed by atoms with E-state index in [2.05, 4.69) is 10.2 Å². The molecule has 88 valence electrons. The Kier molecular flexibility index (Phi) is 2.79. The first-order valence-electron chi connectivity index (χ1n) is 5.32. The van der Waals surface area contributed by atoms with E-state index in [4.69, 9.17) is 0 Å². The lowest BCUT2D eigenvalue weighted by Gasteiger charge is -2.07. The Balaban J connectivity index is 2.69. The molecule has 0 saturated heterocycles. The summed E-state index contributed by atoms with van der Waals surface area (Å²) in [6.45, 7) is 5.36. The lowest BCUT2D eigenvalue weighted by Crippen LogP contribution is -2.14. The van der Waals surface area contributed by atoms with Gasteiger partial charge in [-0.2, -0.15) is 5.10 Å². The van der Waals surface area contributed by atoms with E-state index in [1.165, 1.54) is 12.1 Å². The standard InChI is InChI=1S/C13H13FN2O/c1-7-4-10(6-11(14)5-7)12-8(2)9(3)13(17)16-15-12/h4-6H,1-3H3,(H,16,17). The van der Waals surface area contributed by atoms with Crippen LogP contribution in [0.2, 0.25) is 0 Å². The van der Waals surface area contributed by atoms with E-state index in [0.29, 0.717) is 16.8 Å². The fourth-order valence-corrected chi connectivity index (χ4v) is 1.78. The molecule has 0 amide bonds. The van der Waals surface area contributed by atoms with Crippen molar-refractivity contribution in [3.8, 4) is 11.3 Å². The molecule has 0 saturated carbocycles. The van der Waals surface area contributed by atoms with Crippen LogP contribution >= 0.6 is 0 Å². The average Bonchev–Trinajstić information content (AvgIpc) is 2.24. The van der Waals surface area contributed by atoms with Crippen LogP contribution in [0, 0.1) is 26.6 Å². The van der Waals surface area contributed by atoms with Gasteiger partial charge in [-0.3, -0.25) is 4.79 Å². The third kappa shape index (κ3) is 2.11. The van der Waals surface area contributed by atoms with Crippen molar-refractivity contribution in [3.63, 3.8) is 0 Å². The minimum atomic E-state index is -0.301. The summed E-state index contributed by atoms with van der Waals surface area (Å²) < 4.78 is 13.3. The Hall–Kier alpha value is -1.97. The van der Waals surface area contributed by atoms with Crippen molar-refractivity contribution in [2.24, 2.45) is 0 Å². The van der Waals surface area contributed by atoms with Gasteiger partial charge in [0.25, 0.3) is 5.56 Å². The maximum absolute atomic E-state index is 13.3. The number of H-pyrrole nitrogens is 1. The highest BCUT2D eigenvalue weighted by Gasteiger charge is 2.10. The van der Waals surface area contributed by atoms with Gasteiger partial charge in [-0.05, 0) is 50.1 Å². The monoisotopic (exact) mass is 232 g/mol. The van der Waals surface area contributed by atoms with E-state index in [1.54, 1.807) is 6.92 Å². The third-order valence-corrected chi connectivity index (χ3v) is 2.84. The molecule has 4 heteroatoms. The van der Waals surface area contributed by atoms with Crippen molar-refractivity contribution in [2.75, 3.05) is 0 Å². The van der Waals surface area contributed by atoms with Gasteiger partial charge in [-0.25, -0.2) is 9.49 Å². The van der Waals surface area contributed by atoms with E-state index >= 15 is 0 Å². The number of benzene rings is 1. The van der Waals surface area contributed by atoms with Crippen LogP contribution in [0.4, 0.5) is 4.39 Å². The summed E-state index contributed by atoms with van der Waals surface area (Å²) in [5.41, 5.74) is 3.30. The van der Waals surface area contributed by atoms with Crippen LogP contribution in [0.25, 0.3) is 11.3 Å². The number of nitrogens with zero attached hydrogens (tertiary/aromatic N) is 1. The summed E-state index contributed by atoms with van der Waals surface area (Å²) >= 11 is 0. The van der Waals surface area contributed by atoms with Crippen molar-refractivity contribution in [3.05, 3.63) is 51.1 Å². The molecule has 1 aromatic heterocycles. The Morgan fingerprint density at radius 2 is 1.82 bits per heavy atom. The Bertz CT molecular complexity index is 612. The molecule has 1 aromatic carbocycles. The number of aromatic nitrogens is 2. The first kappa shape index (κ1) is 11.5. The highest BCUT2D eigenvalue weighted by Crippen LogP contribution is 2.23. The second-order valence-corrected chi connectivity index (χ2v) is 4.17. The zero-order valence-electron chi connectivity index (χ0n) is 9.97. The van der Waals surface area contributed by atoms with Crippen molar-refractivity contribution in [1.29, 1.82) is 0 Å². The maximum Gasteiger partial charge on any atom is 0.267 e. The van der Waals surface area contributed by atoms with Gasteiger partial charge in [0.15, 0.2) is 0 Å². The number of hydrogen-bond acceptors (Lipinski definition) is 2. The van der Waals surface area contributed by atoms with Crippen molar-refractivity contribution >= 4 is 0 Å². The highest BCUT2D eigenvalue weighted by atomic mass is 19.1. The van der Waals surface area contributed by atoms with Crippen molar-refractivity contribution in [2.45, 2.75) is 20.8 Å². The average molecular weight is 232 g/mol. The van der Waals surface area contributed by atoms with Gasteiger partial charge in [0.1, 0.15) is 5.82 Å². The maximum atomic E-state index is 13.3. The van der Waals surface area contributed by atoms with Crippen LogP contribution in [0.1, 0.15) is 16.7 Å². The molecule has 0 atom stereocenters. The largest absolute Gasteiger partial charge is 0.268 e. The summed E-state index contributed by atoms with van der Waals surface area (Å²) in [6, 6.07) is 4.72. The van der Waals surface area contributed by atoms with E-state index in [9.17, 15) is 9.18 Å². The van der Waals surface area contributed by atoms with Gasteiger partial charge in [0.2, 0.25) is 0 Å². The van der Waals surface area contributed by atoms with Crippen LogP contribution in [-0.4, -0.2) is 10.2 Å². The van der Waals surface area contributed by atoms with Gasteiger partial charge >= 0.3 is 0 Å². The zero-order chi connectivity index (χ0) is 12.6. The topological polar surface area (TPSA) is 45.8 Å². The number of hydrogen-bond donors (Lipinski definition) is 1. The van der Waals surface area contributed by atoms with Crippen LogP contribution < -0.4 is 5.56 Å². The smallest absolute Gasteiger partial charge is 0.267 e. The third-order valence-electron chi connectivity index (χ3n) is 2.84. The molecule has 17 heavy (non-hydrogen) atoms. The molecule has 0 aliphatic carbocycles. The summed E-state index contributed by atoms with van der Waals surface area (Å²) in [5, 5.41) is 6.41. The molecular formula is C13H13FN2O. The molecule has 0 radical (unpaired) electrons. The van der Waals surface area contributed by atoms with Gasteiger partial charge < -0.3 is 0 Å². The molecule has 0 unspecified atom stereocenters. The molecule has 0 aliphatic heterocycles.